The molecule has 1 amide bonds. The molecule has 0 aliphatic carbocycles. The van der Waals surface area contributed by atoms with Gasteiger partial charge < -0.3 is 11.1 Å². The van der Waals surface area contributed by atoms with Crippen molar-refractivity contribution in [1.82, 2.24) is 10.3 Å². The van der Waals surface area contributed by atoms with Gasteiger partial charge in [-0.1, -0.05) is 49.7 Å². The second kappa shape index (κ2) is 9.92. The van der Waals surface area contributed by atoms with Crippen LogP contribution in [0.4, 0.5) is 13.2 Å². The second-order valence-electron chi connectivity index (χ2n) is 7.35. The number of benzene rings is 1. The number of nitrogens with two attached hydrogens (primary N) is 1. The molecule has 1 aromatic heterocycles. The smallest absolute Gasteiger partial charge is 0.338 e. The Morgan fingerprint density at radius 1 is 1.27 bits per heavy atom. The largest absolute Gasteiger partial charge is 0.398 e. The molecule has 0 aliphatic heterocycles. The highest BCUT2D eigenvalue weighted by molar-refractivity contribution is 6.33. The number of rotatable bonds is 7. The van der Waals surface area contributed by atoms with Crippen LogP contribution in [-0.2, 0) is 4.79 Å². The summed E-state index contributed by atoms with van der Waals surface area (Å²) >= 11 is 6.11. The number of halogens is 4. The molecule has 0 spiro atoms. The van der Waals surface area contributed by atoms with Crippen LogP contribution in [-0.4, -0.2) is 29.2 Å². The third-order valence-electron chi connectivity index (χ3n) is 4.53. The molecule has 1 heterocycles. The molecular formula is C21H22ClF3N4O. The van der Waals surface area contributed by atoms with Gasteiger partial charge in [0.25, 0.3) is 0 Å². The van der Waals surface area contributed by atoms with Gasteiger partial charge in [-0.25, -0.2) is 0 Å². The minimum absolute atomic E-state index is 0.0801. The number of carbonyl (C=O) groups is 1. The second-order valence-corrected chi connectivity index (χ2v) is 7.76. The summed E-state index contributed by atoms with van der Waals surface area (Å²) in [5.41, 5.74) is 6.74. The van der Waals surface area contributed by atoms with Crippen LogP contribution in [0.3, 0.4) is 0 Å². The zero-order valence-electron chi connectivity index (χ0n) is 16.4. The van der Waals surface area contributed by atoms with E-state index in [0.717, 1.165) is 0 Å². The number of nitrogens with zero attached hydrogens (tertiary/aromatic N) is 2. The molecule has 0 fully saturated rings. The van der Waals surface area contributed by atoms with Gasteiger partial charge in [0, 0.05) is 18.0 Å². The molecule has 0 aliphatic rings. The highest BCUT2D eigenvalue weighted by atomic mass is 35.5. The summed E-state index contributed by atoms with van der Waals surface area (Å²) in [4.78, 5) is 16.2. The average Bonchev–Trinajstić information content (AvgIpc) is 2.66. The normalized spacial score (nSPS) is 14.6. The van der Waals surface area contributed by atoms with E-state index >= 15 is 0 Å². The number of carbonyl (C=O) groups excluding carboxylic acids is 1. The van der Waals surface area contributed by atoms with E-state index in [-0.39, 0.29) is 11.5 Å². The summed E-state index contributed by atoms with van der Waals surface area (Å²) in [6, 6.07) is 5.80. The van der Waals surface area contributed by atoms with Crippen molar-refractivity contribution in [3.63, 3.8) is 0 Å². The van der Waals surface area contributed by atoms with Crippen molar-refractivity contribution in [2.75, 3.05) is 0 Å². The lowest BCUT2D eigenvalue weighted by molar-refractivity contribution is -0.155. The zero-order valence-corrected chi connectivity index (χ0v) is 17.2. The number of nitrogens with one attached hydrogen (secondary N) is 1. The summed E-state index contributed by atoms with van der Waals surface area (Å²) in [7, 11) is 0. The minimum atomic E-state index is -4.76. The first-order valence-corrected chi connectivity index (χ1v) is 9.64. The van der Waals surface area contributed by atoms with E-state index in [0.29, 0.717) is 22.6 Å². The lowest BCUT2D eigenvalue weighted by atomic mass is 9.89. The molecule has 30 heavy (non-hydrogen) atoms. The van der Waals surface area contributed by atoms with Gasteiger partial charge in [0.05, 0.1) is 17.1 Å². The van der Waals surface area contributed by atoms with E-state index in [4.69, 9.17) is 17.3 Å². The molecule has 5 nitrogen and oxygen atoms in total. The number of alkyl halides is 3. The van der Waals surface area contributed by atoms with Crippen molar-refractivity contribution in [2.45, 2.75) is 44.4 Å². The summed E-state index contributed by atoms with van der Waals surface area (Å²) in [6.45, 7) is 3.67. The molecule has 3 atom stereocenters. The molecule has 160 valence electrons. The molecule has 9 heteroatoms. The van der Waals surface area contributed by atoms with Crippen LogP contribution >= 0.6 is 11.6 Å². The van der Waals surface area contributed by atoms with Crippen molar-refractivity contribution in [2.24, 2.45) is 11.7 Å². The highest BCUT2D eigenvalue weighted by Gasteiger charge is 2.47. The van der Waals surface area contributed by atoms with Gasteiger partial charge in [-0.2, -0.15) is 18.4 Å². The number of aromatic nitrogens is 1. The number of hydrogen-bond donors (Lipinski definition) is 2. The fourth-order valence-electron chi connectivity index (χ4n) is 3.10. The van der Waals surface area contributed by atoms with Crippen molar-refractivity contribution in [3.05, 3.63) is 53.3 Å². The van der Waals surface area contributed by atoms with Gasteiger partial charge in [-0.05, 0) is 29.5 Å². The Kier molecular flexibility index (Phi) is 7.82. The summed E-state index contributed by atoms with van der Waals surface area (Å²) in [5, 5.41) is 11.9. The van der Waals surface area contributed by atoms with Crippen molar-refractivity contribution in [3.8, 4) is 17.2 Å². The first-order valence-electron chi connectivity index (χ1n) is 9.26. The summed E-state index contributed by atoms with van der Waals surface area (Å²) in [6.07, 6.45) is -1.46. The topological polar surface area (TPSA) is 91.8 Å². The van der Waals surface area contributed by atoms with Crippen LogP contribution in [0.25, 0.3) is 11.1 Å². The summed E-state index contributed by atoms with van der Waals surface area (Å²) < 4.78 is 41.5. The van der Waals surface area contributed by atoms with Gasteiger partial charge in [0.1, 0.15) is 12.0 Å². The average molecular weight is 439 g/mol. The fraction of sp³-hybridized carbons (Fsp3) is 0.381. The van der Waals surface area contributed by atoms with Gasteiger partial charge >= 0.3 is 6.18 Å². The van der Waals surface area contributed by atoms with Crippen LogP contribution < -0.4 is 11.1 Å². The molecule has 0 saturated heterocycles. The summed E-state index contributed by atoms with van der Waals surface area (Å²) in [5.74, 6) is -2.92. The van der Waals surface area contributed by atoms with Gasteiger partial charge in [0.15, 0.2) is 0 Å². The predicted octanol–water partition coefficient (Wildman–Crippen LogP) is 4.43. The Morgan fingerprint density at radius 2 is 1.90 bits per heavy atom. The maximum atomic E-state index is 13.8. The number of nitriles is 1. The van der Waals surface area contributed by atoms with Crippen molar-refractivity contribution < 1.29 is 18.0 Å². The zero-order chi connectivity index (χ0) is 22.5. The van der Waals surface area contributed by atoms with E-state index in [1.807, 2.05) is 13.8 Å². The Labute approximate surface area is 178 Å². The lowest BCUT2D eigenvalue weighted by Gasteiger charge is -2.27. The maximum absolute atomic E-state index is 13.8. The predicted molar refractivity (Wildman–Crippen MR) is 108 cm³/mol. The molecule has 2 rings (SSSR count). The first-order chi connectivity index (χ1) is 14.0. The maximum Gasteiger partial charge on any atom is 0.398 e. The Hall–Kier alpha value is -2.63. The first kappa shape index (κ1) is 23.6. The standard InChI is InChI=1S/C21H22ClF3N4O/c1-12(2)9-17(27)20(30)29-18(10-26)19(21(23,24)25)14-5-3-13(4-6-14)15-11-28-8-7-16(15)22/h3-8,11-12,17-19H,9,27H2,1-2H3,(H,29,30)/t17-,18?,19-/m0/s1. The molecule has 1 aromatic carbocycles. The van der Waals surface area contributed by atoms with Crippen LogP contribution in [0.15, 0.2) is 42.7 Å². The molecule has 0 saturated carbocycles. The van der Waals surface area contributed by atoms with Crippen LogP contribution in [0.1, 0.15) is 31.7 Å². The molecule has 2 aromatic rings. The van der Waals surface area contributed by atoms with E-state index in [9.17, 15) is 23.2 Å². The van der Waals surface area contributed by atoms with Gasteiger partial charge in [-0.15, -0.1) is 0 Å². The van der Waals surface area contributed by atoms with Crippen LogP contribution in [0, 0.1) is 17.2 Å². The van der Waals surface area contributed by atoms with E-state index < -0.39 is 30.1 Å². The van der Waals surface area contributed by atoms with Crippen molar-refractivity contribution >= 4 is 17.5 Å². The molecule has 1 unspecified atom stereocenters. The van der Waals surface area contributed by atoms with Gasteiger partial charge in [0.2, 0.25) is 5.91 Å². The molecule has 3 N–H and O–H groups in total. The van der Waals surface area contributed by atoms with Crippen LogP contribution in [0.5, 0.6) is 0 Å². The minimum Gasteiger partial charge on any atom is -0.338 e. The van der Waals surface area contributed by atoms with Crippen molar-refractivity contribution in [1.29, 1.82) is 5.26 Å². The third-order valence-corrected chi connectivity index (χ3v) is 4.86. The third kappa shape index (κ3) is 5.94. The van der Waals surface area contributed by atoms with Gasteiger partial charge in [-0.3, -0.25) is 9.78 Å². The quantitative estimate of drug-likeness (QED) is 0.668. The van der Waals surface area contributed by atoms with Crippen LogP contribution in [0.2, 0.25) is 5.02 Å². The monoisotopic (exact) mass is 438 g/mol. The van der Waals surface area contributed by atoms with E-state index in [2.05, 4.69) is 10.3 Å². The molecule has 0 radical (unpaired) electrons. The Morgan fingerprint density at radius 3 is 2.40 bits per heavy atom. The molecular weight excluding hydrogens is 417 g/mol. The Bertz CT molecular complexity index is 910. The highest BCUT2D eigenvalue weighted by Crippen LogP contribution is 2.38. The number of pyridine rings is 1. The SMILES string of the molecule is CC(C)C[C@H](N)C(=O)NC(C#N)[C@H](c1ccc(-c2cnccc2Cl)cc1)C(F)(F)F. The number of amides is 1. The lowest BCUT2D eigenvalue weighted by Crippen LogP contribution is -2.49. The number of hydrogen-bond acceptors (Lipinski definition) is 4. The van der Waals surface area contributed by atoms with E-state index in [1.54, 1.807) is 12.1 Å². The Balaban J connectivity index is 2.32. The molecule has 0 bridgehead atoms. The van der Waals surface area contributed by atoms with E-state index in [1.165, 1.54) is 36.7 Å². The fourth-order valence-corrected chi connectivity index (χ4v) is 3.31.